The average molecular weight is 1440 g/mol. The zero-order valence-corrected chi connectivity index (χ0v) is 53.0. The third-order valence-corrected chi connectivity index (χ3v) is 17.9. The van der Waals surface area contributed by atoms with Crippen LogP contribution in [-0.4, -0.2) is 334 Å². The van der Waals surface area contributed by atoms with Crippen molar-refractivity contribution in [2.45, 2.75) is 193 Å². The van der Waals surface area contributed by atoms with E-state index < -0.39 is 246 Å². The number of rotatable bonds is 35. The number of hydrogen-bond donors (Lipinski definition) is 20. The van der Waals surface area contributed by atoms with Crippen LogP contribution in [0.15, 0.2) is 17.1 Å². The molecule has 45 heteroatoms. The molecule has 11 unspecified atom stereocenters. The summed E-state index contributed by atoms with van der Waals surface area (Å²) in [6.45, 7) is -2.46. The number of ether oxygens (including phenoxy) is 8. The highest BCUT2D eigenvalue weighted by Gasteiger charge is 2.60. The number of likely N-dealkylation sites (tertiary alicyclic amines) is 1. The predicted octanol–water partition coefficient (Wildman–Crippen LogP) is -10.8. The molecular weight excluding hydrogens is 1360 g/mol. The second-order valence-corrected chi connectivity index (χ2v) is 25.4. The molecule has 1 aromatic rings. The van der Waals surface area contributed by atoms with Crippen molar-refractivity contribution < 1.29 is 176 Å². The number of hydrogen-bond acceptors (Lipinski definition) is 35. The summed E-state index contributed by atoms with van der Waals surface area (Å²) >= 11 is 1.04. The summed E-state index contributed by atoms with van der Waals surface area (Å²) in [7, 11) is -5.76. The van der Waals surface area contributed by atoms with E-state index in [2.05, 4.69) is 25.5 Å². The number of aliphatic hydroxyl groups excluding tert-OH is 13. The molecule has 5 aliphatic rings. The van der Waals surface area contributed by atoms with Gasteiger partial charge in [0.1, 0.15) is 73.8 Å². The molecule has 0 aliphatic carbocycles. The summed E-state index contributed by atoms with van der Waals surface area (Å²) in [5.74, 6) is -13.8. The van der Waals surface area contributed by atoms with E-state index in [1.807, 2.05) is 0 Å². The second-order valence-electron chi connectivity index (χ2n) is 22.7. The fourth-order valence-corrected chi connectivity index (χ4v) is 12.5. The zero-order chi connectivity index (χ0) is 72.1. The molecule has 6 rings (SSSR count). The molecule has 20 N–H and O–H groups in total. The predicted molar refractivity (Wildman–Crippen MR) is 307 cm³/mol. The van der Waals surface area contributed by atoms with Crippen molar-refractivity contribution in [3.63, 3.8) is 0 Å². The van der Waals surface area contributed by atoms with Gasteiger partial charge in [-0.3, -0.25) is 33.4 Å². The van der Waals surface area contributed by atoms with Gasteiger partial charge in [-0.2, -0.15) is 4.98 Å². The monoisotopic (exact) mass is 1440 g/mol. The topological polar surface area (TPSA) is 664 Å². The van der Waals surface area contributed by atoms with E-state index in [0.717, 1.165) is 22.9 Å². The number of aliphatic carboxylic acids is 3. The first kappa shape index (κ1) is 80.4. The first-order valence-electron chi connectivity index (χ1n) is 29.7. The number of phosphoric ester groups is 1. The average Bonchev–Trinajstić information content (AvgIpc) is 1.50. The Bertz CT molecular complexity index is 3000. The molecule has 97 heavy (non-hydrogen) atoms. The van der Waals surface area contributed by atoms with Gasteiger partial charge in [0.15, 0.2) is 37.4 Å². The molecule has 0 spiro atoms. The Morgan fingerprint density at radius 2 is 1.44 bits per heavy atom. The summed E-state index contributed by atoms with van der Waals surface area (Å²) in [5.41, 5.74) is -0.768. The molecule has 550 valence electrons. The number of aryl methyl sites for hydroxylation is 1. The molecular formula is C52H79N6O37PS. The van der Waals surface area contributed by atoms with Crippen molar-refractivity contribution in [3.8, 4) is 0 Å². The minimum Gasteiger partial charge on any atom is -0.479 e. The van der Waals surface area contributed by atoms with Crippen molar-refractivity contribution in [1.82, 2.24) is 30.4 Å². The third-order valence-electron chi connectivity index (χ3n) is 15.6. The summed E-state index contributed by atoms with van der Waals surface area (Å²) in [6, 6.07) is -0.612. The number of carbonyl (C=O) groups is 8. The molecule has 1 aromatic heterocycles. The number of carboxylic acid groups (broad SMARTS) is 3. The Morgan fingerprint density at radius 1 is 0.804 bits per heavy atom. The van der Waals surface area contributed by atoms with Crippen LogP contribution in [0, 0.1) is 12.8 Å². The molecule has 43 nitrogen and oxygen atoms in total. The number of nitrogens with zero attached hydrogens (tertiary/aromatic N) is 3. The van der Waals surface area contributed by atoms with E-state index in [9.17, 15) is 134 Å². The van der Waals surface area contributed by atoms with E-state index in [0.29, 0.717) is 4.57 Å². The van der Waals surface area contributed by atoms with Gasteiger partial charge in [-0.15, -0.1) is 11.8 Å². The highest BCUT2D eigenvalue weighted by molar-refractivity contribution is 8.00. The number of imide groups is 1. The lowest BCUT2D eigenvalue weighted by molar-refractivity contribution is -0.367. The molecule has 0 radical (unpaired) electrons. The standard InChI is InChI=1S/C52H79N6O37PS/c1-19-7-10-58(50(82)55-19)51(83)89-29(67)18-87-96(84,85)95-52(49(80)81)14-21(61)30(39(94-52)32(69)22(62)16-59)56-27(65)15-54-26(64)6-4-12-97-24-13-28(66)57(43(24)75)9-3-5-25(63)53-8-11-86-47-37(74)35(72)40(42(93-47)45(78)79)91-46-20(2)31(68)38(23(17-60)88-46)90-48-36(73)33(70)34(71)41(92-48)44(76)77/h7,10,20-24,29-42,46-48,51,59-62,67-74,83H,3-6,8-9,11-18H2,1-2H3,(H,53,63)(H,54,64)(H,56,65)(H,76,77)(H,78,79)(H,80,81)(H,84,85)/t20?,21-,22-,23?,24?,29?,30-,31-,32-,33?,34+,35?,36+,37+,38-,39?,40+,41?,42?,46-,47-,48-,51?,52-/m1/s1. The Labute approximate surface area is 551 Å². The number of thioether (sulfide) groups is 1. The van der Waals surface area contributed by atoms with Crippen molar-refractivity contribution in [2.24, 2.45) is 5.92 Å². The lowest BCUT2D eigenvalue weighted by Gasteiger charge is -2.48. The van der Waals surface area contributed by atoms with Crippen molar-refractivity contribution in [2.75, 3.05) is 51.8 Å². The maximum absolute atomic E-state index is 13.2. The largest absolute Gasteiger partial charge is 0.479 e. The summed E-state index contributed by atoms with van der Waals surface area (Å²) < 4.78 is 65.8. The van der Waals surface area contributed by atoms with E-state index >= 15 is 0 Å². The van der Waals surface area contributed by atoms with Gasteiger partial charge in [0.2, 0.25) is 35.9 Å². The zero-order valence-electron chi connectivity index (χ0n) is 51.3. The third kappa shape index (κ3) is 20.8. The van der Waals surface area contributed by atoms with Crippen LogP contribution in [0.1, 0.15) is 57.6 Å². The van der Waals surface area contributed by atoms with Crippen LogP contribution in [0.3, 0.4) is 0 Å². The number of aliphatic hydroxyl groups is 13. The Morgan fingerprint density at radius 3 is 2.08 bits per heavy atom. The van der Waals surface area contributed by atoms with Crippen LogP contribution in [0.2, 0.25) is 0 Å². The minimum atomic E-state index is -5.76. The number of aromatic nitrogens is 2. The first-order chi connectivity index (χ1) is 45.5. The smallest absolute Gasteiger partial charge is 0.475 e. The Hall–Kier alpha value is -5.54. The van der Waals surface area contributed by atoms with Crippen molar-refractivity contribution in [3.05, 3.63) is 28.4 Å². The van der Waals surface area contributed by atoms with Gasteiger partial charge in [-0.1, -0.05) is 6.92 Å². The summed E-state index contributed by atoms with van der Waals surface area (Å²) in [5, 5.41) is 172. The van der Waals surface area contributed by atoms with Gasteiger partial charge in [-0.05, 0) is 31.6 Å². The maximum Gasteiger partial charge on any atom is 0.475 e. The van der Waals surface area contributed by atoms with Crippen LogP contribution < -0.4 is 21.6 Å². The van der Waals surface area contributed by atoms with Gasteiger partial charge < -0.3 is 140 Å². The van der Waals surface area contributed by atoms with Gasteiger partial charge in [-0.25, -0.2) is 32.8 Å². The van der Waals surface area contributed by atoms with Gasteiger partial charge in [0.25, 0.3) is 5.79 Å². The van der Waals surface area contributed by atoms with Crippen LogP contribution in [-0.2, 0) is 89.9 Å². The van der Waals surface area contributed by atoms with Crippen molar-refractivity contribution in [1.29, 1.82) is 0 Å². The lowest BCUT2D eigenvalue weighted by Crippen LogP contribution is -2.68. The van der Waals surface area contributed by atoms with Crippen LogP contribution in [0.25, 0.3) is 0 Å². The number of phosphoric acid groups is 1. The maximum atomic E-state index is 13.2. The SMILES string of the molecule is Cc1ccn(C(O)OC(O)COP(=O)(O)O[C@@]2(C(=O)O)C[C@@H](O)[C@@H](NC(=O)CNC(=O)CCCSC3CC(=O)N(CCCC(=O)NCCO[C@@H]4OC(C(=O)O)[C@@H](O[C@H]5OC(CO)[C@@H](O[C@@H]6OC(C(=O)O)[C@@H](O)C(O)[C@@H]6O)[C@H](O)C5C)C(O)[C@@H]4O)C3=O)C([C@H](O)[C@H](O)CO)O2)c(=O)n1. The van der Waals surface area contributed by atoms with Crippen LogP contribution in [0.4, 0.5) is 0 Å². The normalized spacial score (nSPS) is 34.2. The number of carbonyl (C=O) groups excluding carboxylic acids is 5. The lowest BCUT2D eigenvalue weighted by atomic mass is 9.88. The van der Waals surface area contributed by atoms with Crippen molar-refractivity contribution >= 4 is 67.0 Å². The quantitative estimate of drug-likeness (QED) is 0.0130. The van der Waals surface area contributed by atoms with Gasteiger partial charge in [0, 0.05) is 56.6 Å². The molecule has 0 saturated carbocycles. The van der Waals surface area contributed by atoms with Gasteiger partial charge >= 0.3 is 31.4 Å². The molecule has 5 saturated heterocycles. The van der Waals surface area contributed by atoms with Crippen LogP contribution in [0.5, 0.6) is 0 Å². The van der Waals surface area contributed by atoms with E-state index in [1.54, 1.807) is 0 Å². The van der Waals surface area contributed by atoms with Crippen LogP contribution >= 0.6 is 19.6 Å². The molecule has 5 aliphatic heterocycles. The van der Waals surface area contributed by atoms with E-state index in [4.69, 9.17) is 42.4 Å². The summed E-state index contributed by atoms with van der Waals surface area (Å²) in [6.07, 6.45) is -41.2. The minimum absolute atomic E-state index is 0.00199. The van der Waals surface area contributed by atoms with E-state index in [-0.39, 0.29) is 56.6 Å². The molecule has 5 fully saturated rings. The number of carboxylic acids is 3. The fraction of sp³-hybridized carbons (Fsp3) is 0.769. The Balaban J connectivity index is 0.877. The Kier molecular flexibility index (Phi) is 29.6. The first-order valence-corrected chi connectivity index (χ1v) is 32.2. The molecule has 25 atom stereocenters. The van der Waals surface area contributed by atoms with E-state index in [1.165, 1.54) is 19.9 Å². The molecule has 5 amide bonds. The van der Waals surface area contributed by atoms with Gasteiger partial charge in [0.05, 0.1) is 49.9 Å². The second kappa shape index (κ2) is 35.7. The molecule has 6 heterocycles. The number of nitrogens with one attached hydrogen (secondary N) is 3. The molecule has 0 bridgehead atoms. The molecule has 0 aromatic carbocycles. The number of amides is 5. The summed E-state index contributed by atoms with van der Waals surface area (Å²) in [4.78, 5) is 128. The fourth-order valence-electron chi connectivity index (χ4n) is 10.4. The highest BCUT2D eigenvalue weighted by atomic mass is 32.2. The highest BCUT2D eigenvalue weighted by Crippen LogP contribution is 2.51.